The predicted octanol–water partition coefficient (Wildman–Crippen LogP) is 4.83. The van der Waals surface area contributed by atoms with E-state index >= 15 is 0 Å². The first-order valence-electron chi connectivity index (χ1n) is 10.1. The van der Waals surface area contributed by atoms with E-state index in [2.05, 4.69) is 16.4 Å². The summed E-state index contributed by atoms with van der Waals surface area (Å²) in [5, 5.41) is 3.12. The van der Waals surface area contributed by atoms with Crippen LogP contribution in [0.2, 0.25) is 0 Å². The molecule has 1 aliphatic heterocycles. The first kappa shape index (κ1) is 19.7. The summed E-state index contributed by atoms with van der Waals surface area (Å²) in [7, 11) is 0. The third kappa shape index (κ3) is 4.38. The number of carbonyl (C=O) groups excluding carboxylic acids is 1. The number of hydrogen-bond acceptors (Lipinski definition) is 3. The van der Waals surface area contributed by atoms with Crippen LogP contribution in [-0.2, 0) is 23.8 Å². The zero-order valence-electron chi connectivity index (χ0n) is 16.1. The highest BCUT2D eigenvalue weighted by atomic mass is 19.4. The van der Waals surface area contributed by atoms with Crippen molar-refractivity contribution in [1.82, 2.24) is 4.98 Å². The molecule has 0 saturated carbocycles. The van der Waals surface area contributed by atoms with Crippen LogP contribution < -0.4 is 10.2 Å². The van der Waals surface area contributed by atoms with Gasteiger partial charge in [0.15, 0.2) is 0 Å². The Labute approximate surface area is 168 Å². The van der Waals surface area contributed by atoms with E-state index < -0.39 is 11.7 Å². The quantitative estimate of drug-likeness (QED) is 0.798. The monoisotopic (exact) mass is 403 g/mol. The molecular weight excluding hydrogens is 379 g/mol. The predicted molar refractivity (Wildman–Crippen MR) is 106 cm³/mol. The van der Waals surface area contributed by atoms with Crippen LogP contribution in [-0.4, -0.2) is 24.0 Å². The second-order valence-corrected chi connectivity index (χ2v) is 7.80. The average Bonchev–Trinajstić information content (AvgIpc) is 2.73. The van der Waals surface area contributed by atoms with E-state index in [0.29, 0.717) is 31.7 Å². The molecule has 1 amide bonds. The molecule has 4 rings (SSSR count). The van der Waals surface area contributed by atoms with Crippen molar-refractivity contribution in [1.29, 1.82) is 0 Å². The highest BCUT2D eigenvalue weighted by molar-refractivity contribution is 5.93. The van der Waals surface area contributed by atoms with Gasteiger partial charge in [-0.15, -0.1) is 0 Å². The van der Waals surface area contributed by atoms with E-state index in [9.17, 15) is 18.0 Å². The van der Waals surface area contributed by atoms with E-state index in [-0.39, 0.29) is 11.8 Å². The smallest absolute Gasteiger partial charge is 0.357 e. The number of aryl methyl sites for hydroxylation is 1. The molecule has 1 aromatic heterocycles. The Balaban J connectivity index is 1.36. The van der Waals surface area contributed by atoms with E-state index in [1.54, 1.807) is 0 Å². The molecule has 0 unspecified atom stereocenters. The Kier molecular flexibility index (Phi) is 5.48. The summed E-state index contributed by atoms with van der Waals surface area (Å²) < 4.78 is 38.1. The minimum absolute atomic E-state index is 0.0315. The van der Waals surface area contributed by atoms with Crippen LogP contribution in [0.1, 0.15) is 42.4 Å². The number of nitrogens with one attached hydrogen (secondary N) is 1. The Morgan fingerprint density at radius 3 is 2.52 bits per heavy atom. The molecule has 7 heteroatoms. The van der Waals surface area contributed by atoms with Crippen LogP contribution in [0.4, 0.5) is 24.7 Å². The summed E-state index contributed by atoms with van der Waals surface area (Å²) in [4.78, 5) is 18.7. The van der Waals surface area contributed by atoms with Crippen LogP contribution in [0.15, 0.2) is 36.5 Å². The van der Waals surface area contributed by atoms with Crippen molar-refractivity contribution in [2.75, 3.05) is 23.3 Å². The normalized spacial score (nSPS) is 17.7. The van der Waals surface area contributed by atoms with Crippen molar-refractivity contribution in [2.24, 2.45) is 5.92 Å². The summed E-state index contributed by atoms with van der Waals surface area (Å²) in [5.41, 5.74) is 2.77. The van der Waals surface area contributed by atoms with Gasteiger partial charge < -0.3 is 10.2 Å². The zero-order valence-corrected chi connectivity index (χ0v) is 16.1. The van der Waals surface area contributed by atoms with Gasteiger partial charge in [-0.1, -0.05) is 12.1 Å². The highest BCUT2D eigenvalue weighted by Crippen LogP contribution is 2.31. The molecule has 2 heterocycles. The fourth-order valence-electron chi connectivity index (χ4n) is 4.24. The fourth-order valence-corrected chi connectivity index (χ4v) is 4.24. The van der Waals surface area contributed by atoms with Crippen LogP contribution in [0, 0.1) is 5.92 Å². The first-order valence-corrected chi connectivity index (χ1v) is 10.1. The second-order valence-electron chi connectivity index (χ2n) is 7.80. The molecule has 1 aliphatic carbocycles. The van der Waals surface area contributed by atoms with Crippen LogP contribution >= 0.6 is 0 Å². The molecular formula is C22H24F3N3O. The van der Waals surface area contributed by atoms with Gasteiger partial charge in [0.25, 0.3) is 0 Å². The third-order valence-electron chi connectivity index (χ3n) is 5.92. The first-order chi connectivity index (χ1) is 13.9. The lowest BCUT2D eigenvalue weighted by Crippen LogP contribution is -2.38. The molecule has 1 aromatic carbocycles. The van der Waals surface area contributed by atoms with Crippen molar-refractivity contribution in [3.8, 4) is 0 Å². The number of nitrogens with zero attached hydrogens (tertiary/aromatic N) is 2. The summed E-state index contributed by atoms with van der Waals surface area (Å²) in [5.74, 6) is 0.457. The molecule has 4 nitrogen and oxygen atoms in total. The van der Waals surface area contributed by atoms with Crippen LogP contribution in [0.3, 0.4) is 0 Å². The molecule has 0 spiro atoms. The van der Waals surface area contributed by atoms with Gasteiger partial charge in [0.1, 0.15) is 5.82 Å². The lowest BCUT2D eigenvalue weighted by molar-refractivity contribution is -0.137. The molecule has 1 saturated heterocycles. The SMILES string of the molecule is O=C(Nc1cccc2c1CCCC2)C1CCN(c2ccc(C(F)(F)F)cn2)CC1. The Bertz CT molecular complexity index is 872. The number of halogens is 3. The number of rotatable bonds is 3. The number of anilines is 2. The molecule has 1 N–H and O–H groups in total. The maximum Gasteiger partial charge on any atom is 0.417 e. The maximum absolute atomic E-state index is 12.8. The molecule has 0 bridgehead atoms. The van der Waals surface area contributed by atoms with Crippen molar-refractivity contribution in [3.05, 3.63) is 53.2 Å². The van der Waals surface area contributed by atoms with Crippen molar-refractivity contribution < 1.29 is 18.0 Å². The van der Waals surface area contributed by atoms with Gasteiger partial charge in [-0.2, -0.15) is 13.2 Å². The van der Waals surface area contributed by atoms with Crippen molar-refractivity contribution in [2.45, 2.75) is 44.7 Å². The summed E-state index contributed by atoms with van der Waals surface area (Å²) >= 11 is 0. The number of amides is 1. The van der Waals surface area contributed by atoms with Gasteiger partial charge in [0.2, 0.25) is 5.91 Å². The van der Waals surface area contributed by atoms with Gasteiger partial charge in [-0.25, -0.2) is 4.98 Å². The lowest BCUT2D eigenvalue weighted by atomic mass is 9.90. The van der Waals surface area contributed by atoms with Crippen LogP contribution in [0.5, 0.6) is 0 Å². The third-order valence-corrected chi connectivity index (χ3v) is 5.92. The van der Waals surface area contributed by atoms with Gasteiger partial charge in [-0.05, 0) is 67.9 Å². The standard InChI is InChI=1S/C22H24F3N3O/c23-22(24,25)17-8-9-20(26-14-17)28-12-10-16(11-13-28)21(29)27-19-7-3-5-15-4-1-2-6-18(15)19/h3,5,7-9,14,16H,1-2,4,6,10-13H2,(H,27,29). The van der Waals surface area contributed by atoms with E-state index in [1.807, 2.05) is 17.0 Å². The number of benzene rings is 1. The summed E-state index contributed by atoms with van der Waals surface area (Å²) in [6.07, 6.45) is 2.22. The zero-order chi connectivity index (χ0) is 20.4. The fraction of sp³-hybridized carbons (Fsp3) is 0.455. The highest BCUT2D eigenvalue weighted by Gasteiger charge is 2.31. The number of pyridine rings is 1. The number of aromatic nitrogens is 1. The molecule has 0 atom stereocenters. The molecule has 2 aliphatic rings. The molecule has 29 heavy (non-hydrogen) atoms. The lowest BCUT2D eigenvalue weighted by Gasteiger charge is -2.32. The van der Waals surface area contributed by atoms with Crippen LogP contribution in [0.25, 0.3) is 0 Å². The minimum atomic E-state index is -4.38. The topological polar surface area (TPSA) is 45.2 Å². The molecule has 0 radical (unpaired) electrons. The average molecular weight is 403 g/mol. The van der Waals surface area contributed by atoms with Gasteiger partial charge in [-0.3, -0.25) is 4.79 Å². The largest absolute Gasteiger partial charge is 0.417 e. The molecule has 2 aromatic rings. The summed E-state index contributed by atoms with van der Waals surface area (Å²) in [6, 6.07) is 8.57. The maximum atomic E-state index is 12.8. The summed E-state index contributed by atoms with van der Waals surface area (Å²) in [6.45, 7) is 1.20. The van der Waals surface area contributed by atoms with Gasteiger partial charge >= 0.3 is 6.18 Å². The number of hydrogen-bond donors (Lipinski definition) is 1. The Hall–Kier alpha value is -2.57. The Morgan fingerprint density at radius 2 is 1.83 bits per heavy atom. The molecule has 1 fully saturated rings. The van der Waals surface area contributed by atoms with Crippen molar-refractivity contribution in [3.63, 3.8) is 0 Å². The number of piperidine rings is 1. The van der Waals surface area contributed by atoms with Gasteiger partial charge in [0, 0.05) is 30.9 Å². The van der Waals surface area contributed by atoms with E-state index in [4.69, 9.17) is 0 Å². The number of carbonyl (C=O) groups is 1. The number of fused-ring (bicyclic) bond motifs is 1. The van der Waals surface area contributed by atoms with E-state index in [0.717, 1.165) is 37.2 Å². The minimum Gasteiger partial charge on any atom is -0.357 e. The molecule has 154 valence electrons. The van der Waals surface area contributed by atoms with Gasteiger partial charge in [0.05, 0.1) is 5.56 Å². The van der Waals surface area contributed by atoms with Crippen molar-refractivity contribution >= 4 is 17.4 Å². The van der Waals surface area contributed by atoms with E-state index in [1.165, 1.54) is 23.6 Å². The number of alkyl halides is 3. The Morgan fingerprint density at radius 1 is 1.07 bits per heavy atom. The second kappa shape index (κ2) is 8.05.